The molecule has 2 aromatic carbocycles. The van der Waals surface area contributed by atoms with Gasteiger partial charge in [-0.05, 0) is 68.3 Å². The molecule has 0 bridgehead atoms. The van der Waals surface area contributed by atoms with Gasteiger partial charge in [0.25, 0.3) is 0 Å². The van der Waals surface area contributed by atoms with Crippen molar-refractivity contribution >= 4 is 19.5 Å². The summed E-state index contributed by atoms with van der Waals surface area (Å²) in [5, 5.41) is 9.41. The molecule has 8 nitrogen and oxygen atoms in total. The van der Waals surface area contributed by atoms with Crippen LogP contribution in [0.25, 0.3) is 11.6 Å². The van der Waals surface area contributed by atoms with E-state index in [2.05, 4.69) is 31.4 Å². The number of ether oxygens (including phenoxy) is 2. The van der Waals surface area contributed by atoms with Gasteiger partial charge in [0, 0.05) is 0 Å². The minimum Gasteiger partial charge on any atom is -0.746 e. The van der Waals surface area contributed by atoms with Gasteiger partial charge in [0.1, 0.15) is 5.75 Å². The van der Waals surface area contributed by atoms with Gasteiger partial charge < -0.3 is 28.7 Å². The molecule has 1 atom stereocenters. The van der Waals surface area contributed by atoms with E-state index in [1.165, 1.54) is 46.0 Å². The lowest BCUT2D eigenvalue weighted by Gasteiger charge is -2.16. The van der Waals surface area contributed by atoms with Gasteiger partial charge in [0.15, 0.2) is 11.5 Å². The third-order valence-electron chi connectivity index (χ3n) is 4.73. The summed E-state index contributed by atoms with van der Waals surface area (Å²) in [5.41, 5.74) is 1.67. The SMILES string of the molecule is CC[NH+](CC)CC.COc1ccc(/C(C#N)=C/c2ccc(OP(=O)([O-])O)cc2)cc1OC. The van der Waals surface area contributed by atoms with Crippen LogP contribution in [0.1, 0.15) is 31.9 Å². The average molecular weight is 462 g/mol. The highest BCUT2D eigenvalue weighted by molar-refractivity contribution is 7.45. The van der Waals surface area contributed by atoms with Gasteiger partial charge in [-0.3, -0.25) is 4.57 Å². The number of phosphoric acid groups is 1. The van der Waals surface area contributed by atoms with Crippen LogP contribution in [0.4, 0.5) is 0 Å². The maximum Gasteiger partial charge on any atom is 0.317 e. The van der Waals surface area contributed by atoms with E-state index in [0.29, 0.717) is 28.2 Å². The Kier molecular flexibility index (Phi) is 11.5. The molecule has 0 aliphatic heterocycles. The Morgan fingerprint density at radius 2 is 1.62 bits per heavy atom. The molecule has 0 fully saturated rings. The van der Waals surface area contributed by atoms with Crippen LogP contribution in [0.5, 0.6) is 17.2 Å². The second-order valence-corrected chi connectivity index (χ2v) is 7.80. The van der Waals surface area contributed by atoms with Gasteiger partial charge in [0.05, 0.1) is 45.5 Å². The smallest absolute Gasteiger partial charge is 0.317 e. The van der Waals surface area contributed by atoms with Crippen LogP contribution < -0.4 is 23.8 Å². The molecule has 0 aliphatic carbocycles. The van der Waals surface area contributed by atoms with E-state index in [1.807, 2.05) is 0 Å². The number of phosphoric ester groups is 1. The molecule has 0 saturated carbocycles. The zero-order valence-electron chi connectivity index (χ0n) is 19.1. The Balaban J connectivity index is 0.000000633. The molecule has 2 N–H and O–H groups in total. The zero-order chi connectivity index (χ0) is 24.1. The van der Waals surface area contributed by atoms with Crippen LogP contribution in [0.2, 0.25) is 0 Å². The van der Waals surface area contributed by atoms with Crippen molar-refractivity contribution < 1.29 is 33.2 Å². The van der Waals surface area contributed by atoms with Gasteiger partial charge >= 0.3 is 7.82 Å². The molecule has 174 valence electrons. The summed E-state index contributed by atoms with van der Waals surface area (Å²) in [4.78, 5) is 21.0. The molecular weight excluding hydrogens is 431 g/mol. The lowest BCUT2D eigenvalue weighted by Crippen LogP contribution is -3.11. The monoisotopic (exact) mass is 462 g/mol. The number of nitrogens with zero attached hydrogens (tertiary/aromatic N) is 1. The maximum atomic E-state index is 10.7. The first kappa shape index (κ1) is 27.2. The average Bonchev–Trinajstić information content (AvgIpc) is 2.78. The van der Waals surface area contributed by atoms with E-state index in [1.54, 1.807) is 41.3 Å². The lowest BCUT2D eigenvalue weighted by molar-refractivity contribution is -0.894. The highest BCUT2D eigenvalue weighted by Gasteiger charge is 2.09. The topological polar surface area (TPSA) is 116 Å². The highest BCUT2D eigenvalue weighted by Crippen LogP contribution is 2.34. The minimum atomic E-state index is -4.84. The fourth-order valence-electron chi connectivity index (χ4n) is 2.86. The number of methoxy groups -OCH3 is 2. The summed E-state index contributed by atoms with van der Waals surface area (Å²) >= 11 is 0. The summed E-state index contributed by atoms with van der Waals surface area (Å²) in [5.74, 6) is 1.03. The van der Waals surface area contributed by atoms with E-state index in [-0.39, 0.29) is 5.75 Å². The highest BCUT2D eigenvalue weighted by atomic mass is 31.2. The fourth-order valence-corrected chi connectivity index (χ4v) is 3.25. The third kappa shape index (κ3) is 9.13. The summed E-state index contributed by atoms with van der Waals surface area (Å²) in [6, 6.07) is 13.1. The Morgan fingerprint density at radius 1 is 1.06 bits per heavy atom. The normalized spacial score (nSPS) is 12.8. The molecule has 2 aromatic rings. The Hall–Kier alpha value is -2.82. The predicted molar refractivity (Wildman–Crippen MR) is 123 cm³/mol. The van der Waals surface area contributed by atoms with E-state index in [0.717, 1.165) is 0 Å². The molecule has 0 saturated heterocycles. The van der Waals surface area contributed by atoms with Crippen LogP contribution in [0, 0.1) is 11.3 Å². The van der Waals surface area contributed by atoms with Crippen molar-refractivity contribution in [3.05, 3.63) is 53.6 Å². The number of allylic oxidation sites excluding steroid dienone is 1. The van der Waals surface area contributed by atoms with Gasteiger partial charge in [-0.1, -0.05) is 12.1 Å². The van der Waals surface area contributed by atoms with Gasteiger partial charge in [-0.15, -0.1) is 0 Å². The minimum absolute atomic E-state index is 0.0254. The standard InChI is InChI=1S/C17H16NO6P.C6H15N/c1-22-16-8-5-13(10-17(16)23-2)14(11-18)9-12-3-6-15(7-4-12)24-25(19,20)21;1-4-7(5-2)6-3/h3-10H,1-2H3,(H2,19,20,21);4-6H2,1-3H3/b14-9+;. The fraction of sp³-hybridized carbons (Fsp3) is 0.348. The molecule has 2 rings (SSSR count). The van der Waals surface area contributed by atoms with Gasteiger partial charge in [0.2, 0.25) is 0 Å². The Bertz CT molecular complexity index is 954. The number of hydrogen-bond donors (Lipinski definition) is 2. The second kappa shape index (κ2) is 13.6. The molecule has 1 unspecified atom stereocenters. The van der Waals surface area contributed by atoms with Crippen molar-refractivity contribution in [2.45, 2.75) is 20.8 Å². The number of quaternary nitrogens is 1. The van der Waals surface area contributed by atoms with Crippen molar-refractivity contribution in [3.8, 4) is 23.3 Å². The van der Waals surface area contributed by atoms with Crippen molar-refractivity contribution in [1.82, 2.24) is 0 Å². The van der Waals surface area contributed by atoms with Crippen molar-refractivity contribution in [3.63, 3.8) is 0 Å². The van der Waals surface area contributed by atoms with E-state index in [4.69, 9.17) is 14.4 Å². The first-order valence-electron chi connectivity index (χ1n) is 10.2. The van der Waals surface area contributed by atoms with Crippen LogP contribution in [0.3, 0.4) is 0 Å². The third-order valence-corrected chi connectivity index (χ3v) is 5.17. The van der Waals surface area contributed by atoms with E-state index in [9.17, 15) is 14.7 Å². The summed E-state index contributed by atoms with van der Waals surface area (Å²) in [7, 11) is -1.82. The van der Waals surface area contributed by atoms with Crippen molar-refractivity contribution in [2.75, 3.05) is 33.9 Å². The van der Waals surface area contributed by atoms with Crippen molar-refractivity contribution in [2.24, 2.45) is 0 Å². The molecule has 0 spiro atoms. The summed E-state index contributed by atoms with van der Waals surface area (Å²) in [6.45, 7) is 10.5. The van der Waals surface area contributed by atoms with Crippen LogP contribution in [-0.4, -0.2) is 38.7 Å². The lowest BCUT2D eigenvalue weighted by atomic mass is 10.0. The van der Waals surface area contributed by atoms with Gasteiger partial charge in [-0.2, -0.15) is 5.26 Å². The number of nitrogens with one attached hydrogen (secondary N) is 1. The van der Waals surface area contributed by atoms with Crippen LogP contribution >= 0.6 is 7.82 Å². The van der Waals surface area contributed by atoms with Crippen LogP contribution in [-0.2, 0) is 4.57 Å². The molecule has 0 radical (unpaired) electrons. The largest absolute Gasteiger partial charge is 0.746 e. The molecule has 0 aromatic heterocycles. The molecule has 9 heteroatoms. The molecule has 32 heavy (non-hydrogen) atoms. The van der Waals surface area contributed by atoms with E-state index >= 15 is 0 Å². The molecule has 0 heterocycles. The molecule has 0 aliphatic rings. The van der Waals surface area contributed by atoms with Crippen molar-refractivity contribution in [1.29, 1.82) is 5.26 Å². The summed E-state index contributed by atoms with van der Waals surface area (Å²) in [6.07, 6.45) is 1.63. The number of benzene rings is 2. The first-order chi connectivity index (χ1) is 15.2. The van der Waals surface area contributed by atoms with Crippen LogP contribution in [0.15, 0.2) is 42.5 Å². The maximum absolute atomic E-state index is 10.7. The Labute approximate surface area is 189 Å². The number of rotatable bonds is 9. The van der Waals surface area contributed by atoms with Gasteiger partial charge in [-0.25, -0.2) is 0 Å². The zero-order valence-corrected chi connectivity index (χ0v) is 20.0. The quantitative estimate of drug-likeness (QED) is 0.334. The Morgan fingerprint density at radius 3 is 2.03 bits per heavy atom. The first-order valence-corrected chi connectivity index (χ1v) is 11.7. The molecule has 0 amide bonds. The number of hydrogen-bond acceptors (Lipinski definition) is 6. The number of nitriles is 1. The summed E-state index contributed by atoms with van der Waals surface area (Å²) < 4.78 is 25.5. The second-order valence-electron chi connectivity index (χ2n) is 6.68. The van der Waals surface area contributed by atoms with E-state index < -0.39 is 7.82 Å². The predicted octanol–water partition coefficient (Wildman–Crippen LogP) is 2.54. The molecular formula is C23H31N2O6P.